The number of amides is 1. The summed E-state index contributed by atoms with van der Waals surface area (Å²) in [5.74, 6) is 1.80. The highest BCUT2D eigenvalue weighted by molar-refractivity contribution is 6.30. The van der Waals surface area contributed by atoms with Crippen molar-refractivity contribution in [2.24, 2.45) is 5.92 Å². The van der Waals surface area contributed by atoms with Gasteiger partial charge in [0, 0.05) is 43.2 Å². The molecule has 1 N–H and O–H groups in total. The lowest BCUT2D eigenvalue weighted by Gasteiger charge is -2.33. The molecule has 1 fully saturated rings. The van der Waals surface area contributed by atoms with Gasteiger partial charge >= 0.3 is 0 Å². The molecular weight excluding hydrogens is 394 g/mol. The number of halogens is 1. The molecule has 1 amide bonds. The molecule has 1 aromatic heterocycles. The van der Waals surface area contributed by atoms with Crippen molar-refractivity contribution in [3.8, 4) is 11.6 Å². The van der Waals surface area contributed by atoms with Crippen molar-refractivity contribution in [1.29, 1.82) is 0 Å². The van der Waals surface area contributed by atoms with E-state index in [4.69, 9.17) is 25.8 Å². The maximum absolute atomic E-state index is 12.8. The van der Waals surface area contributed by atoms with Crippen molar-refractivity contribution in [3.63, 3.8) is 0 Å². The Morgan fingerprint density at radius 3 is 2.93 bits per heavy atom. The van der Waals surface area contributed by atoms with Crippen LogP contribution in [-0.2, 0) is 17.7 Å². The monoisotopic (exact) mass is 417 g/mol. The molecule has 3 aliphatic rings. The number of aromatic nitrogens is 2. The van der Waals surface area contributed by atoms with E-state index in [0.29, 0.717) is 35.5 Å². The van der Waals surface area contributed by atoms with Gasteiger partial charge in [-0.2, -0.15) is 5.10 Å². The lowest BCUT2D eigenvalue weighted by Crippen LogP contribution is -2.42. The van der Waals surface area contributed by atoms with Gasteiger partial charge in [-0.25, -0.2) is 4.68 Å². The maximum Gasteiger partial charge on any atom is 0.272 e. The molecule has 2 aromatic rings. The molecular formula is C21H24ClN3O4. The van der Waals surface area contributed by atoms with E-state index < -0.39 is 0 Å². The second-order valence-electron chi connectivity index (χ2n) is 7.92. The van der Waals surface area contributed by atoms with E-state index >= 15 is 0 Å². The van der Waals surface area contributed by atoms with Gasteiger partial charge in [-0.15, -0.1) is 0 Å². The summed E-state index contributed by atoms with van der Waals surface area (Å²) in [6.45, 7) is 2.80. The van der Waals surface area contributed by atoms with Crippen molar-refractivity contribution in [2.45, 2.75) is 44.4 Å². The zero-order chi connectivity index (χ0) is 19.8. The Balaban J connectivity index is 1.23. The molecule has 5 rings (SSSR count). The Morgan fingerprint density at radius 2 is 2.07 bits per heavy atom. The number of rotatable bonds is 3. The van der Waals surface area contributed by atoms with E-state index in [2.05, 4.69) is 10.4 Å². The highest BCUT2D eigenvalue weighted by atomic mass is 35.5. The normalized spacial score (nSPS) is 24.0. The molecule has 0 spiro atoms. The fraction of sp³-hybridized carbons (Fsp3) is 0.524. The molecule has 4 heterocycles. The molecule has 0 saturated carbocycles. The fourth-order valence-electron chi connectivity index (χ4n) is 4.36. The fourth-order valence-corrected chi connectivity index (χ4v) is 4.56. The van der Waals surface area contributed by atoms with Gasteiger partial charge in [0.25, 0.3) is 5.91 Å². The highest BCUT2D eigenvalue weighted by Gasteiger charge is 2.31. The van der Waals surface area contributed by atoms with E-state index in [9.17, 15) is 4.79 Å². The topological polar surface area (TPSA) is 74.6 Å². The summed E-state index contributed by atoms with van der Waals surface area (Å²) in [4.78, 5) is 12.8. The summed E-state index contributed by atoms with van der Waals surface area (Å²) in [6.07, 6.45) is 3.82. The molecule has 154 valence electrons. The first-order chi connectivity index (χ1) is 14.2. The number of nitrogens with one attached hydrogen (secondary N) is 1. The van der Waals surface area contributed by atoms with Crippen LogP contribution in [-0.4, -0.2) is 47.7 Å². The van der Waals surface area contributed by atoms with Gasteiger partial charge in [0.05, 0.1) is 6.04 Å². The second kappa shape index (κ2) is 7.88. The van der Waals surface area contributed by atoms with Crippen molar-refractivity contribution in [1.82, 2.24) is 15.1 Å². The van der Waals surface area contributed by atoms with Gasteiger partial charge in [-0.05, 0) is 43.0 Å². The van der Waals surface area contributed by atoms with Crippen molar-refractivity contribution in [2.75, 3.05) is 19.8 Å². The molecule has 1 unspecified atom stereocenters. The van der Waals surface area contributed by atoms with E-state index in [1.54, 1.807) is 10.7 Å². The standard InChI is InChI=1S/C21H24ClN3O4/c22-15-1-2-18-14(9-15)10-16(12-28-18)23-21(26)17-11-20-25(24-17)6-3-19(29-20)13-4-7-27-8-5-13/h1-2,9,11,13,16,19H,3-8,10,12H2,(H,23,26)/t16-,19?/m1/s1. The average molecular weight is 418 g/mol. The van der Waals surface area contributed by atoms with Gasteiger partial charge in [-0.1, -0.05) is 11.6 Å². The Morgan fingerprint density at radius 1 is 1.21 bits per heavy atom. The predicted octanol–water partition coefficient (Wildman–Crippen LogP) is 2.85. The number of nitrogens with zero attached hydrogens (tertiary/aromatic N) is 2. The Hall–Kier alpha value is -2.25. The number of aryl methyl sites for hydroxylation is 1. The van der Waals surface area contributed by atoms with Crippen LogP contribution >= 0.6 is 11.6 Å². The minimum Gasteiger partial charge on any atom is -0.491 e. The van der Waals surface area contributed by atoms with Crippen LogP contribution in [0.5, 0.6) is 11.6 Å². The van der Waals surface area contributed by atoms with Crippen LogP contribution in [0.1, 0.15) is 35.3 Å². The lowest BCUT2D eigenvalue weighted by molar-refractivity contribution is 0.00105. The van der Waals surface area contributed by atoms with Crippen molar-refractivity contribution >= 4 is 17.5 Å². The number of benzene rings is 1. The molecule has 7 nitrogen and oxygen atoms in total. The average Bonchev–Trinajstić information content (AvgIpc) is 3.18. The SMILES string of the molecule is O=C(N[C@H]1COc2ccc(Cl)cc2C1)c1cc2n(n1)CCC(C1CCOCC1)O2. The molecule has 0 aliphatic carbocycles. The Labute approximate surface area is 174 Å². The first-order valence-corrected chi connectivity index (χ1v) is 10.6. The molecule has 1 aromatic carbocycles. The van der Waals surface area contributed by atoms with Gasteiger partial charge in [0.1, 0.15) is 18.5 Å². The summed E-state index contributed by atoms with van der Waals surface area (Å²) in [5.41, 5.74) is 1.38. The number of ether oxygens (including phenoxy) is 3. The van der Waals surface area contributed by atoms with Crippen LogP contribution in [0, 0.1) is 5.92 Å². The number of hydrogen-bond acceptors (Lipinski definition) is 5. The van der Waals surface area contributed by atoms with Gasteiger partial charge < -0.3 is 19.5 Å². The van der Waals surface area contributed by atoms with Crippen LogP contribution in [0.2, 0.25) is 5.02 Å². The second-order valence-corrected chi connectivity index (χ2v) is 8.36. The summed E-state index contributed by atoms with van der Waals surface area (Å²) < 4.78 is 19.2. The minimum atomic E-state index is -0.211. The summed E-state index contributed by atoms with van der Waals surface area (Å²) in [5, 5.41) is 8.14. The molecule has 3 aliphatic heterocycles. The third-order valence-corrected chi connectivity index (χ3v) is 6.16. The van der Waals surface area contributed by atoms with Crippen LogP contribution in [0.3, 0.4) is 0 Å². The molecule has 2 atom stereocenters. The lowest BCUT2D eigenvalue weighted by atomic mass is 9.91. The zero-order valence-corrected chi connectivity index (χ0v) is 16.9. The Bertz CT molecular complexity index is 909. The van der Waals surface area contributed by atoms with Crippen LogP contribution < -0.4 is 14.8 Å². The van der Waals surface area contributed by atoms with Gasteiger partial charge in [0.2, 0.25) is 5.88 Å². The summed E-state index contributed by atoms with van der Waals surface area (Å²) in [6, 6.07) is 7.18. The zero-order valence-electron chi connectivity index (χ0n) is 16.1. The first-order valence-electron chi connectivity index (χ1n) is 10.2. The van der Waals surface area contributed by atoms with E-state index in [-0.39, 0.29) is 18.1 Å². The van der Waals surface area contributed by atoms with Crippen LogP contribution in [0.4, 0.5) is 0 Å². The molecule has 29 heavy (non-hydrogen) atoms. The molecule has 1 saturated heterocycles. The number of carbonyl (C=O) groups is 1. The molecule has 0 bridgehead atoms. The van der Waals surface area contributed by atoms with E-state index in [1.165, 1.54) is 0 Å². The van der Waals surface area contributed by atoms with E-state index in [1.807, 2.05) is 18.2 Å². The first kappa shape index (κ1) is 18.8. The van der Waals surface area contributed by atoms with Crippen LogP contribution in [0.25, 0.3) is 0 Å². The number of carbonyl (C=O) groups excluding carboxylic acids is 1. The molecule has 0 radical (unpaired) electrons. The smallest absolute Gasteiger partial charge is 0.272 e. The third kappa shape index (κ3) is 3.94. The molecule has 8 heteroatoms. The number of fused-ring (bicyclic) bond motifs is 2. The number of hydrogen-bond donors (Lipinski definition) is 1. The maximum atomic E-state index is 12.8. The van der Waals surface area contributed by atoms with Gasteiger partial charge in [0.15, 0.2) is 5.69 Å². The predicted molar refractivity (Wildman–Crippen MR) is 107 cm³/mol. The van der Waals surface area contributed by atoms with E-state index in [0.717, 1.165) is 50.3 Å². The van der Waals surface area contributed by atoms with Crippen LogP contribution in [0.15, 0.2) is 24.3 Å². The van der Waals surface area contributed by atoms with Crippen molar-refractivity contribution in [3.05, 3.63) is 40.5 Å². The highest BCUT2D eigenvalue weighted by Crippen LogP contribution is 2.31. The largest absolute Gasteiger partial charge is 0.491 e. The summed E-state index contributed by atoms with van der Waals surface area (Å²) >= 11 is 6.08. The Kier molecular flexibility index (Phi) is 5.09. The van der Waals surface area contributed by atoms with Crippen molar-refractivity contribution < 1.29 is 19.0 Å². The van der Waals surface area contributed by atoms with Gasteiger partial charge in [-0.3, -0.25) is 4.79 Å². The minimum absolute atomic E-state index is 0.122. The quantitative estimate of drug-likeness (QED) is 0.831. The summed E-state index contributed by atoms with van der Waals surface area (Å²) in [7, 11) is 0. The third-order valence-electron chi connectivity index (χ3n) is 5.93.